The van der Waals surface area contributed by atoms with Gasteiger partial charge in [-0.2, -0.15) is 5.10 Å². The summed E-state index contributed by atoms with van der Waals surface area (Å²) in [5.74, 6) is 0.0183. The number of hydrogen-bond donors (Lipinski definition) is 0. The molecule has 22 heavy (non-hydrogen) atoms. The summed E-state index contributed by atoms with van der Waals surface area (Å²) >= 11 is 0. The third-order valence-electron chi connectivity index (χ3n) is 4.29. The van der Waals surface area contributed by atoms with Crippen molar-refractivity contribution in [2.24, 2.45) is 0 Å². The average Bonchev–Trinajstić information content (AvgIpc) is 3.20. The van der Waals surface area contributed by atoms with Crippen LogP contribution in [0.25, 0.3) is 0 Å². The molecule has 1 fully saturated rings. The zero-order chi connectivity index (χ0) is 15.7. The van der Waals surface area contributed by atoms with Gasteiger partial charge in [0.2, 0.25) is 0 Å². The molecule has 3 heterocycles. The molecular formula is C15H21N5O2. The van der Waals surface area contributed by atoms with E-state index in [1.807, 2.05) is 23.4 Å². The van der Waals surface area contributed by atoms with E-state index < -0.39 is 0 Å². The van der Waals surface area contributed by atoms with Gasteiger partial charge in [0.1, 0.15) is 11.4 Å². The summed E-state index contributed by atoms with van der Waals surface area (Å²) < 4.78 is 6.69. The van der Waals surface area contributed by atoms with Gasteiger partial charge in [0.25, 0.3) is 5.91 Å². The van der Waals surface area contributed by atoms with Crippen LogP contribution in [0.3, 0.4) is 0 Å². The van der Waals surface area contributed by atoms with E-state index in [-0.39, 0.29) is 11.9 Å². The molecule has 1 saturated heterocycles. The van der Waals surface area contributed by atoms with Gasteiger partial charge in [0.15, 0.2) is 0 Å². The highest BCUT2D eigenvalue weighted by Gasteiger charge is 2.35. The van der Waals surface area contributed by atoms with Crippen LogP contribution in [0.5, 0.6) is 0 Å². The number of nitrogens with zero attached hydrogens (tertiary/aromatic N) is 5. The van der Waals surface area contributed by atoms with Gasteiger partial charge in [-0.1, -0.05) is 17.2 Å². The van der Waals surface area contributed by atoms with Crippen LogP contribution in [-0.2, 0) is 6.54 Å². The normalized spacial score (nSPS) is 18.1. The van der Waals surface area contributed by atoms with Crippen molar-refractivity contribution in [3.63, 3.8) is 0 Å². The van der Waals surface area contributed by atoms with Crippen molar-refractivity contribution < 1.29 is 9.42 Å². The summed E-state index contributed by atoms with van der Waals surface area (Å²) in [5.41, 5.74) is 3.12. The van der Waals surface area contributed by atoms with Crippen LogP contribution < -0.4 is 0 Å². The summed E-state index contributed by atoms with van der Waals surface area (Å²) in [5, 5.41) is 12.1. The maximum atomic E-state index is 12.9. The summed E-state index contributed by atoms with van der Waals surface area (Å²) in [4.78, 5) is 14.8. The van der Waals surface area contributed by atoms with E-state index in [1.165, 1.54) is 0 Å². The fourth-order valence-corrected chi connectivity index (χ4v) is 3.08. The topological polar surface area (TPSA) is 77.0 Å². The minimum atomic E-state index is -0.0484. The Hall–Kier alpha value is -2.18. The van der Waals surface area contributed by atoms with Gasteiger partial charge in [0, 0.05) is 18.8 Å². The molecular weight excluding hydrogens is 282 g/mol. The molecule has 0 saturated carbocycles. The SMILES string of the molecule is CCCn1ncc(C(=O)N2CCC[C@@H]2c2nonc2C)c1C. The molecule has 2 aromatic rings. The number of amides is 1. The van der Waals surface area contributed by atoms with Crippen LogP contribution in [0.4, 0.5) is 0 Å². The largest absolute Gasteiger partial charge is 0.330 e. The maximum Gasteiger partial charge on any atom is 0.257 e. The lowest BCUT2D eigenvalue weighted by Crippen LogP contribution is -2.31. The molecule has 0 aromatic carbocycles. The first kappa shape index (κ1) is 14.7. The zero-order valence-corrected chi connectivity index (χ0v) is 13.2. The second kappa shape index (κ2) is 5.90. The molecule has 1 aliphatic heterocycles. The van der Waals surface area contributed by atoms with Crippen LogP contribution in [-0.4, -0.2) is 37.4 Å². The number of aromatic nitrogens is 4. The second-order valence-corrected chi connectivity index (χ2v) is 5.76. The molecule has 1 aliphatic rings. The summed E-state index contributed by atoms with van der Waals surface area (Å²) in [7, 11) is 0. The molecule has 0 aliphatic carbocycles. The minimum Gasteiger partial charge on any atom is -0.330 e. The van der Waals surface area contributed by atoms with E-state index in [4.69, 9.17) is 4.63 Å². The van der Waals surface area contributed by atoms with Gasteiger partial charge < -0.3 is 4.90 Å². The number of carbonyl (C=O) groups is 1. The fraction of sp³-hybridized carbons (Fsp3) is 0.600. The Balaban J connectivity index is 1.86. The molecule has 0 N–H and O–H groups in total. The van der Waals surface area contributed by atoms with Crippen molar-refractivity contribution in [1.82, 2.24) is 25.0 Å². The Kier molecular flexibility index (Phi) is 3.96. The highest BCUT2D eigenvalue weighted by Crippen LogP contribution is 2.33. The van der Waals surface area contributed by atoms with Gasteiger partial charge in [-0.25, -0.2) is 4.63 Å². The minimum absolute atomic E-state index is 0.0183. The molecule has 0 bridgehead atoms. The van der Waals surface area contributed by atoms with Gasteiger partial charge in [0.05, 0.1) is 17.8 Å². The monoisotopic (exact) mass is 303 g/mol. The molecule has 7 nitrogen and oxygen atoms in total. The summed E-state index contributed by atoms with van der Waals surface area (Å²) in [6.07, 6.45) is 4.52. The second-order valence-electron chi connectivity index (χ2n) is 5.76. The van der Waals surface area contributed by atoms with E-state index in [2.05, 4.69) is 22.3 Å². The van der Waals surface area contributed by atoms with Crippen LogP contribution in [0.15, 0.2) is 10.8 Å². The average molecular weight is 303 g/mol. The Morgan fingerprint density at radius 3 is 2.91 bits per heavy atom. The van der Waals surface area contributed by atoms with E-state index in [9.17, 15) is 4.79 Å². The predicted octanol–water partition coefficient (Wildman–Crippen LogP) is 2.27. The van der Waals surface area contributed by atoms with Crippen LogP contribution in [0.1, 0.15) is 59.7 Å². The van der Waals surface area contributed by atoms with Crippen molar-refractivity contribution >= 4 is 5.91 Å². The first-order valence-corrected chi connectivity index (χ1v) is 7.76. The maximum absolute atomic E-state index is 12.9. The van der Waals surface area contributed by atoms with Crippen LogP contribution in [0, 0.1) is 13.8 Å². The lowest BCUT2D eigenvalue weighted by atomic mass is 10.1. The lowest BCUT2D eigenvalue weighted by molar-refractivity contribution is 0.0729. The number of aryl methyl sites for hydroxylation is 2. The van der Waals surface area contributed by atoms with Crippen molar-refractivity contribution in [2.45, 2.75) is 52.6 Å². The summed E-state index contributed by atoms with van der Waals surface area (Å²) in [6, 6.07) is -0.0484. The number of likely N-dealkylation sites (tertiary alicyclic amines) is 1. The van der Waals surface area contributed by atoms with Crippen LogP contribution in [0.2, 0.25) is 0 Å². The number of hydrogen-bond acceptors (Lipinski definition) is 5. The van der Waals surface area contributed by atoms with Gasteiger partial charge in [-0.05, 0) is 33.1 Å². The Morgan fingerprint density at radius 1 is 1.41 bits per heavy atom. The van der Waals surface area contributed by atoms with E-state index in [0.29, 0.717) is 5.56 Å². The standard InChI is InChI=1S/C15H21N5O2/c1-4-7-20-11(3)12(9-16-20)15(21)19-8-5-6-13(19)14-10(2)17-22-18-14/h9,13H,4-8H2,1-3H3/t13-/m1/s1. The third-order valence-corrected chi connectivity index (χ3v) is 4.29. The first-order chi connectivity index (χ1) is 10.6. The molecule has 0 radical (unpaired) electrons. The Bertz CT molecular complexity index is 675. The smallest absolute Gasteiger partial charge is 0.257 e. The van der Waals surface area contributed by atoms with Crippen molar-refractivity contribution in [3.8, 4) is 0 Å². The highest BCUT2D eigenvalue weighted by molar-refractivity contribution is 5.95. The first-order valence-electron chi connectivity index (χ1n) is 7.76. The van der Waals surface area contributed by atoms with Crippen molar-refractivity contribution in [2.75, 3.05) is 6.54 Å². The van der Waals surface area contributed by atoms with E-state index in [1.54, 1.807) is 6.20 Å². The van der Waals surface area contributed by atoms with E-state index in [0.717, 1.165) is 49.4 Å². The highest BCUT2D eigenvalue weighted by atomic mass is 16.6. The number of rotatable bonds is 4. The molecule has 118 valence electrons. The predicted molar refractivity (Wildman–Crippen MR) is 79.3 cm³/mol. The zero-order valence-electron chi connectivity index (χ0n) is 13.2. The fourth-order valence-electron chi connectivity index (χ4n) is 3.08. The quantitative estimate of drug-likeness (QED) is 0.866. The molecule has 7 heteroatoms. The van der Waals surface area contributed by atoms with Crippen molar-refractivity contribution in [1.29, 1.82) is 0 Å². The third kappa shape index (κ3) is 2.40. The Morgan fingerprint density at radius 2 is 2.23 bits per heavy atom. The molecule has 3 rings (SSSR count). The molecule has 1 atom stereocenters. The van der Waals surface area contributed by atoms with Crippen molar-refractivity contribution in [3.05, 3.63) is 28.8 Å². The molecule has 1 amide bonds. The van der Waals surface area contributed by atoms with E-state index >= 15 is 0 Å². The van der Waals surface area contributed by atoms with Gasteiger partial charge in [-0.3, -0.25) is 9.48 Å². The molecule has 0 spiro atoms. The molecule has 0 unspecified atom stereocenters. The number of carbonyl (C=O) groups excluding carboxylic acids is 1. The van der Waals surface area contributed by atoms with Gasteiger partial charge in [-0.15, -0.1) is 0 Å². The van der Waals surface area contributed by atoms with Gasteiger partial charge >= 0.3 is 0 Å². The Labute approximate surface area is 129 Å². The lowest BCUT2D eigenvalue weighted by Gasteiger charge is -2.23. The van der Waals surface area contributed by atoms with Crippen LogP contribution >= 0.6 is 0 Å². The molecule has 2 aromatic heterocycles. The summed E-state index contributed by atoms with van der Waals surface area (Å²) in [6.45, 7) is 7.46.